The molecule has 4 unspecified atom stereocenters. The summed E-state index contributed by atoms with van der Waals surface area (Å²) in [5.74, 6) is -2.73. The van der Waals surface area contributed by atoms with Gasteiger partial charge in [-0.2, -0.15) is 0 Å². The molecule has 0 aliphatic carbocycles. The van der Waals surface area contributed by atoms with E-state index in [2.05, 4.69) is 26.0 Å². The molecule has 246 valence electrons. The van der Waals surface area contributed by atoms with Gasteiger partial charge in [0.05, 0.1) is 37.4 Å². The normalized spacial score (nSPS) is 18.8. The Labute approximate surface area is 257 Å². The van der Waals surface area contributed by atoms with Gasteiger partial charge in [0.1, 0.15) is 25.0 Å². The highest BCUT2D eigenvalue weighted by Crippen LogP contribution is 2.31. The molecule has 1 heterocycles. The van der Waals surface area contributed by atoms with Crippen LogP contribution in [0.3, 0.4) is 0 Å². The van der Waals surface area contributed by atoms with Crippen molar-refractivity contribution in [3.8, 4) is 5.75 Å². The number of hydrogen-bond donors (Lipinski definition) is 5. The molecule has 1 aromatic rings. The number of esters is 2. The number of nitrogens with one attached hydrogen (secondary N) is 4. The minimum Gasteiger partial charge on any atom is -0.468 e. The van der Waals surface area contributed by atoms with E-state index in [1.54, 1.807) is 32.0 Å². The highest BCUT2D eigenvalue weighted by molar-refractivity contribution is 5.96. The van der Waals surface area contributed by atoms with Gasteiger partial charge >= 0.3 is 11.9 Å². The third-order valence-electron chi connectivity index (χ3n) is 6.51. The number of methoxy groups -OCH3 is 1. The lowest BCUT2D eigenvalue weighted by molar-refractivity contribution is -0.184. The summed E-state index contributed by atoms with van der Waals surface area (Å²) in [4.78, 5) is 61.5. The predicted molar refractivity (Wildman–Crippen MR) is 159 cm³/mol. The van der Waals surface area contributed by atoms with Gasteiger partial charge in [0.25, 0.3) is 0 Å². The number of ether oxygens (including phenoxy) is 4. The van der Waals surface area contributed by atoms with Crippen LogP contribution >= 0.6 is 0 Å². The fourth-order valence-corrected chi connectivity index (χ4v) is 4.17. The van der Waals surface area contributed by atoms with E-state index in [9.17, 15) is 29.1 Å². The van der Waals surface area contributed by atoms with E-state index >= 15 is 0 Å². The van der Waals surface area contributed by atoms with Crippen LogP contribution in [-0.4, -0.2) is 85.5 Å². The van der Waals surface area contributed by atoms with E-state index < -0.39 is 48.3 Å². The zero-order valence-electron chi connectivity index (χ0n) is 26.4. The van der Waals surface area contributed by atoms with Crippen LogP contribution < -0.4 is 26.0 Å². The molecule has 0 bridgehead atoms. The Morgan fingerprint density at radius 1 is 1.00 bits per heavy atom. The quantitative estimate of drug-likeness (QED) is 0.175. The van der Waals surface area contributed by atoms with Crippen molar-refractivity contribution < 1.29 is 48.0 Å². The summed E-state index contributed by atoms with van der Waals surface area (Å²) < 4.78 is 21.6. The number of benzene rings is 1. The summed E-state index contributed by atoms with van der Waals surface area (Å²) >= 11 is 0. The standard InChI is InChI=1S/C30H46N4O10/c1-16(2)27(33-18(5)6)29(39)31-13-24(36)34-21-9-8-19(15-42-30(40)17(3)4)10-22(21)43-26-12-20(35)11-23(44-26)28(38)32-14-25(37)41-7/h8-10,16-18,20,23,26-27,33,35H,11-15H2,1-7H3,(H,31,39)(H,32,38)(H,34,36). The minimum atomic E-state index is -1.12. The molecule has 14 heteroatoms. The number of aliphatic hydroxyl groups excluding tert-OH is 1. The molecule has 3 amide bonds. The Hall–Kier alpha value is -3.75. The van der Waals surface area contributed by atoms with Gasteiger partial charge in [-0.3, -0.25) is 24.0 Å². The van der Waals surface area contributed by atoms with Crippen LogP contribution in [-0.2, 0) is 44.8 Å². The summed E-state index contributed by atoms with van der Waals surface area (Å²) in [6.07, 6.45) is -3.20. The third kappa shape index (κ3) is 12.1. The average molecular weight is 623 g/mol. The van der Waals surface area contributed by atoms with Gasteiger partial charge in [-0.15, -0.1) is 0 Å². The maximum Gasteiger partial charge on any atom is 0.325 e. The van der Waals surface area contributed by atoms with Crippen LogP contribution in [0, 0.1) is 11.8 Å². The smallest absolute Gasteiger partial charge is 0.325 e. The van der Waals surface area contributed by atoms with Crippen LogP contribution in [0.2, 0.25) is 0 Å². The first-order valence-corrected chi connectivity index (χ1v) is 14.7. The fraction of sp³-hybridized carbons (Fsp3) is 0.633. The van der Waals surface area contributed by atoms with Crippen molar-refractivity contribution in [3.05, 3.63) is 23.8 Å². The monoisotopic (exact) mass is 622 g/mol. The van der Waals surface area contributed by atoms with Crippen LogP contribution in [0.25, 0.3) is 0 Å². The Kier molecular flexibility index (Phi) is 14.5. The molecule has 44 heavy (non-hydrogen) atoms. The Morgan fingerprint density at radius 2 is 1.70 bits per heavy atom. The first kappa shape index (κ1) is 36.4. The third-order valence-corrected chi connectivity index (χ3v) is 6.51. The summed E-state index contributed by atoms with van der Waals surface area (Å²) in [5.41, 5.74) is 0.767. The molecular weight excluding hydrogens is 576 g/mol. The number of carbonyl (C=O) groups excluding carboxylic acids is 5. The molecule has 0 spiro atoms. The van der Waals surface area contributed by atoms with E-state index in [0.717, 1.165) is 0 Å². The zero-order chi connectivity index (χ0) is 33.0. The second-order valence-corrected chi connectivity index (χ2v) is 11.5. The summed E-state index contributed by atoms with van der Waals surface area (Å²) in [7, 11) is 1.19. The van der Waals surface area contributed by atoms with E-state index in [-0.39, 0.29) is 67.8 Å². The van der Waals surface area contributed by atoms with Crippen LogP contribution in [0.15, 0.2) is 18.2 Å². The molecule has 1 saturated heterocycles. The van der Waals surface area contributed by atoms with Crippen LogP contribution in [0.5, 0.6) is 5.75 Å². The lowest BCUT2D eigenvalue weighted by Gasteiger charge is -2.32. The van der Waals surface area contributed by atoms with Crippen LogP contribution in [0.4, 0.5) is 5.69 Å². The van der Waals surface area contributed by atoms with Gasteiger partial charge < -0.3 is 45.3 Å². The fourth-order valence-electron chi connectivity index (χ4n) is 4.17. The van der Waals surface area contributed by atoms with Crippen molar-refractivity contribution in [2.45, 2.75) is 91.6 Å². The number of rotatable bonds is 15. The van der Waals surface area contributed by atoms with Gasteiger partial charge in [0, 0.05) is 18.9 Å². The summed E-state index contributed by atoms with van der Waals surface area (Å²) in [6, 6.07) is 4.31. The molecule has 5 N–H and O–H groups in total. The van der Waals surface area contributed by atoms with E-state index in [0.29, 0.717) is 5.56 Å². The maximum absolute atomic E-state index is 12.9. The Balaban J connectivity index is 2.19. The second-order valence-electron chi connectivity index (χ2n) is 11.5. The molecule has 1 aliphatic heterocycles. The lowest BCUT2D eigenvalue weighted by Crippen LogP contribution is -2.51. The molecule has 0 aromatic heterocycles. The Morgan fingerprint density at radius 3 is 2.32 bits per heavy atom. The van der Waals surface area contributed by atoms with Crippen molar-refractivity contribution in [2.75, 3.05) is 25.5 Å². The first-order chi connectivity index (χ1) is 20.7. The number of hydrogen-bond acceptors (Lipinski definition) is 11. The molecule has 4 atom stereocenters. The lowest BCUT2D eigenvalue weighted by atomic mass is 10.0. The number of amides is 3. The highest BCUT2D eigenvalue weighted by atomic mass is 16.7. The largest absolute Gasteiger partial charge is 0.468 e. The van der Waals surface area contributed by atoms with Crippen molar-refractivity contribution in [3.63, 3.8) is 0 Å². The van der Waals surface area contributed by atoms with Crippen molar-refractivity contribution >= 4 is 35.3 Å². The molecule has 0 radical (unpaired) electrons. The van der Waals surface area contributed by atoms with Gasteiger partial charge in [-0.1, -0.05) is 47.6 Å². The molecule has 1 aromatic carbocycles. The van der Waals surface area contributed by atoms with Gasteiger partial charge in [0.2, 0.25) is 24.0 Å². The number of anilines is 1. The van der Waals surface area contributed by atoms with Crippen LogP contribution in [0.1, 0.15) is 59.9 Å². The molecule has 2 rings (SSSR count). The topological polar surface area (TPSA) is 191 Å². The van der Waals surface area contributed by atoms with Gasteiger partial charge in [-0.25, -0.2) is 0 Å². The number of carbonyl (C=O) groups is 5. The van der Waals surface area contributed by atoms with Crippen molar-refractivity contribution in [1.29, 1.82) is 0 Å². The molecule has 1 fully saturated rings. The Bertz CT molecular complexity index is 1160. The summed E-state index contributed by atoms with van der Waals surface area (Å²) in [5, 5.41) is 21.3. The zero-order valence-corrected chi connectivity index (χ0v) is 26.4. The van der Waals surface area contributed by atoms with Crippen molar-refractivity contribution in [1.82, 2.24) is 16.0 Å². The first-order valence-electron chi connectivity index (χ1n) is 14.7. The van der Waals surface area contributed by atoms with Crippen molar-refractivity contribution in [2.24, 2.45) is 11.8 Å². The molecule has 0 saturated carbocycles. The predicted octanol–water partition coefficient (Wildman–Crippen LogP) is 0.997. The van der Waals surface area contributed by atoms with Gasteiger partial charge in [-0.05, 0) is 23.6 Å². The summed E-state index contributed by atoms with van der Waals surface area (Å²) in [6.45, 7) is 10.3. The number of aliphatic hydroxyl groups is 1. The maximum atomic E-state index is 12.9. The molecule has 1 aliphatic rings. The van der Waals surface area contributed by atoms with E-state index in [4.69, 9.17) is 14.2 Å². The van der Waals surface area contributed by atoms with E-state index in [1.165, 1.54) is 7.11 Å². The van der Waals surface area contributed by atoms with Gasteiger partial charge in [0.15, 0.2) is 0 Å². The molecular formula is C30H46N4O10. The SMILES string of the molecule is COC(=O)CNC(=O)C1CC(O)CC(Oc2cc(COC(=O)C(C)C)ccc2NC(=O)CNC(=O)C(NC(C)C)C(C)C)O1. The highest BCUT2D eigenvalue weighted by Gasteiger charge is 2.35. The minimum absolute atomic E-state index is 0.00461. The second kappa shape index (κ2) is 17.5. The van der Waals surface area contributed by atoms with E-state index in [1.807, 2.05) is 27.7 Å². The average Bonchev–Trinajstić information content (AvgIpc) is 2.96. The molecule has 14 nitrogen and oxygen atoms in total.